The number of hydrogen-bond acceptors (Lipinski definition) is 5. The Bertz CT molecular complexity index is 856. The highest BCUT2D eigenvalue weighted by Crippen LogP contribution is 2.35. The summed E-state index contributed by atoms with van der Waals surface area (Å²) in [4.78, 5) is 25.4. The van der Waals surface area contributed by atoms with E-state index in [1.807, 2.05) is 71.9 Å². The quantitative estimate of drug-likeness (QED) is 0.677. The Balaban J connectivity index is 1.96. The van der Waals surface area contributed by atoms with E-state index in [0.717, 1.165) is 16.8 Å². The van der Waals surface area contributed by atoms with Gasteiger partial charge in [0.15, 0.2) is 0 Å². The molecule has 0 saturated heterocycles. The first-order chi connectivity index (χ1) is 12.9. The molecule has 0 atom stereocenters. The minimum absolute atomic E-state index is 0.244. The number of fused-ring (bicyclic) bond motifs is 3. The summed E-state index contributed by atoms with van der Waals surface area (Å²) in [6, 6.07) is 7.94. The molecule has 0 N–H and O–H groups in total. The summed E-state index contributed by atoms with van der Waals surface area (Å²) in [5, 5.41) is 3.35. The molecular weight excluding hydrogens is 356 g/mol. The second kappa shape index (κ2) is 7.00. The lowest BCUT2D eigenvalue weighted by Crippen LogP contribution is -2.51. The zero-order valence-corrected chi connectivity index (χ0v) is 17.4. The van der Waals surface area contributed by atoms with Crippen molar-refractivity contribution < 1.29 is 19.1 Å². The molecule has 2 aliphatic rings. The molecule has 0 unspecified atom stereocenters. The van der Waals surface area contributed by atoms with Crippen LogP contribution in [0.2, 0.25) is 0 Å². The Morgan fingerprint density at radius 2 is 1.54 bits per heavy atom. The van der Waals surface area contributed by atoms with Gasteiger partial charge in [0.25, 0.3) is 0 Å². The first kappa shape index (κ1) is 20.0. The van der Waals surface area contributed by atoms with Crippen LogP contribution in [0.4, 0.5) is 4.79 Å². The average Bonchev–Trinajstić information content (AvgIpc) is 2.57. The number of esters is 1. The van der Waals surface area contributed by atoms with Crippen molar-refractivity contribution in [2.24, 2.45) is 0 Å². The smallest absolute Gasteiger partial charge is 0.429 e. The highest BCUT2D eigenvalue weighted by Gasteiger charge is 2.36. The van der Waals surface area contributed by atoms with Crippen molar-refractivity contribution >= 4 is 17.8 Å². The van der Waals surface area contributed by atoms with E-state index in [-0.39, 0.29) is 12.5 Å². The lowest BCUT2D eigenvalue weighted by molar-refractivity contribution is -0.150. The van der Waals surface area contributed by atoms with Crippen LogP contribution in [0.25, 0.3) is 5.70 Å². The summed E-state index contributed by atoms with van der Waals surface area (Å²) in [6.45, 7) is 11.6. The third-order valence-electron chi connectivity index (χ3n) is 4.21. The predicted molar refractivity (Wildman–Crippen MR) is 107 cm³/mol. The van der Waals surface area contributed by atoms with E-state index in [1.165, 1.54) is 0 Å². The van der Waals surface area contributed by atoms with E-state index in [4.69, 9.17) is 9.47 Å². The Morgan fingerprint density at radius 1 is 0.893 bits per heavy atom. The topological polar surface area (TPSA) is 59.1 Å². The Kier molecular flexibility index (Phi) is 5.00. The van der Waals surface area contributed by atoms with Gasteiger partial charge in [0.1, 0.15) is 11.2 Å². The molecule has 3 rings (SSSR count). The monoisotopic (exact) mass is 384 g/mol. The molecule has 1 amide bonds. The van der Waals surface area contributed by atoms with Crippen LogP contribution in [0.5, 0.6) is 0 Å². The Morgan fingerprint density at radius 3 is 2.18 bits per heavy atom. The van der Waals surface area contributed by atoms with Crippen LogP contribution in [0.1, 0.15) is 52.7 Å². The van der Waals surface area contributed by atoms with E-state index in [1.54, 1.807) is 16.1 Å². The van der Waals surface area contributed by atoms with Crippen LogP contribution in [0.3, 0.4) is 0 Å². The number of hydrogen-bond donors (Lipinski definition) is 0. The van der Waals surface area contributed by atoms with E-state index in [0.29, 0.717) is 12.1 Å². The fourth-order valence-corrected chi connectivity index (χ4v) is 3.12. The second-order valence-electron chi connectivity index (χ2n) is 9.00. The van der Waals surface area contributed by atoms with Gasteiger partial charge in [-0.15, -0.1) is 0 Å². The fraction of sp³-hybridized carbons (Fsp3) is 0.455. The highest BCUT2D eigenvalue weighted by molar-refractivity contribution is 5.92. The standard InChI is InChI=1S/C22H28N2O4/c1-21(2,3)27-19(25)16-11-12-18-17-10-8-7-9-15(17)13-24(23(18)14-16)20(26)28-22(4,5)6/h7-12H,13-14H2,1-6H3. The maximum atomic E-state index is 12.9. The number of ether oxygens (including phenoxy) is 2. The van der Waals surface area contributed by atoms with Crippen LogP contribution < -0.4 is 0 Å². The predicted octanol–water partition coefficient (Wildman–Crippen LogP) is 4.28. The molecule has 6 nitrogen and oxygen atoms in total. The minimum atomic E-state index is -0.614. The van der Waals surface area contributed by atoms with Gasteiger partial charge in [0.05, 0.1) is 24.4 Å². The third-order valence-corrected chi connectivity index (χ3v) is 4.21. The molecule has 0 fully saturated rings. The first-order valence-corrected chi connectivity index (χ1v) is 9.45. The van der Waals surface area contributed by atoms with Gasteiger partial charge < -0.3 is 9.47 Å². The van der Waals surface area contributed by atoms with Crippen molar-refractivity contribution in [2.75, 3.05) is 6.54 Å². The van der Waals surface area contributed by atoms with Crippen LogP contribution in [-0.4, -0.2) is 39.8 Å². The maximum Gasteiger partial charge on any atom is 0.429 e. The summed E-state index contributed by atoms with van der Waals surface area (Å²) < 4.78 is 11.1. The van der Waals surface area contributed by atoms with Crippen molar-refractivity contribution in [3.05, 3.63) is 53.1 Å². The SMILES string of the molecule is CC(C)(C)OC(=O)C1=CC=C2c3ccccc3CN(C(=O)OC(C)(C)C)N2C1. The summed E-state index contributed by atoms with van der Waals surface area (Å²) in [5.74, 6) is -0.384. The van der Waals surface area contributed by atoms with Crippen molar-refractivity contribution in [2.45, 2.75) is 59.3 Å². The maximum absolute atomic E-state index is 12.9. The second-order valence-corrected chi connectivity index (χ2v) is 9.00. The zero-order valence-electron chi connectivity index (χ0n) is 17.4. The fourth-order valence-electron chi connectivity index (χ4n) is 3.12. The highest BCUT2D eigenvalue weighted by atomic mass is 16.6. The van der Waals surface area contributed by atoms with E-state index < -0.39 is 17.3 Å². The Labute approximate surface area is 166 Å². The molecule has 1 aromatic rings. The molecule has 6 heteroatoms. The molecule has 0 aliphatic carbocycles. The molecule has 1 aromatic carbocycles. The molecular formula is C22H28N2O4. The van der Waals surface area contributed by atoms with Gasteiger partial charge >= 0.3 is 12.1 Å². The van der Waals surface area contributed by atoms with Gasteiger partial charge in [-0.05, 0) is 59.3 Å². The average molecular weight is 384 g/mol. The number of rotatable bonds is 1. The first-order valence-electron chi connectivity index (χ1n) is 9.45. The summed E-state index contributed by atoms with van der Waals surface area (Å²) >= 11 is 0. The Hall–Kier alpha value is -2.76. The van der Waals surface area contributed by atoms with Crippen molar-refractivity contribution in [3.8, 4) is 0 Å². The van der Waals surface area contributed by atoms with Gasteiger partial charge in [0, 0.05) is 5.56 Å². The molecule has 0 aromatic heterocycles. The molecule has 150 valence electrons. The molecule has 28 heavy (non-hydrogen) atoms. The number of hydrazine groups is 1. The summed E-state index contributed by atoms with van der Waals surface area (Å²) in [6.07, 6.45) is 3.19. The molecule has 0 saturated carbocycles. The molecule has 0 bridgehead atoms. The van der Waals surface area contributed by atoms with Gasteiger partial charge in [0.2, 0.25) is 0 Å². The number of amides is 1. The molecule has 0 radical (unpaired) electrons. The lowest BCUT2D eigenvalue weighted by atomic mass is 9.98. The largest absolute Gasteiger partial charge is 0.457 e. The zero-order chi connectivity index (χ0) is 20.7. The van der Waals surface area contributed by atoms with Crippen molar-refractivity contribution in [3.63, 3.8) is 0 Å². The van der Waals surface area contributed by atoms with Crippen LogP contribution in [-0.2, 0) is 20.8 Å². The molecule has 0 spiro atoms. The van der Waals surface area contributed by atoms with E-state index >= 15 is 0 Å². The van der Waals surface area contributed by atoms with Crippen LogP contribution >= 0.6 is 0 Å². The van der Waals surface area contributed by atoms with Gasteiger partial charge in [-0.1, -0.05) is 24.3 Å². The minimum Gasteiger partial charge on any atom is -0.457 e. The van der Waals surface area contributed by atoms with Gasteiger partial charge in [-0.25, -0.2) is 14.6 Å². The van der Waals surface area contributed by atoms with Crippen molar-refractivity contribution in [1.29, 1.82) is 0 Å². The summed E-state index contributed by atoms with van der Waals surface area (Å²) in [7, 11) is 0. The lowest BCUT2D eigenvalue weighted by Gasteiger charge is -2.44. The number of carbonyl (C=O) groups excluding carboxylic acids is 2. The van der Waals surface area contributed by atoms with Crippen molar-refractivity contribution in [1.82, 2.24) is 10.0 Å². The third kappa shape index (κ3) is 4.38. The molecule has 2 heterocycles. The normalized spacial score (nSPS) is 16.5. The summed E-state index contributed by atoms with van der Waals surface area (Å²) in [5.41, 5.74) is 2.23. The van der Waals surface area contributed by atoms with Crippen LogP contribution in [0.15, 0.2) is 42.0 Å². The van der Waals surface area contributed by atoms with Gasteiger partial charge in [-0.2, -0.15) is 0 Å². The number of benzene rings is 1. The van der Waals surface area contributed by atoms with Gasteiger partial charge in [-0.3, -0.25) is 5.01 Å². The number of carbonyl (C=O) groups is 2. The molecule has 2 aliphatic heterocycles. The van der Waals surface area contributed by atoms with E-state index in [9.17, 15) is 9.59 Å². The van der Waals surface area contributed by atoms with E-state index in [2.05, 4.69) is 0 Å². The van der Waals surface area contributed by atoms with Crippen LogP contribution in [0, 0.1) is 0 Å². The number of allylic oxidation sites excluding steroid dienone is 2. The number of nitrogens with zero attached hydrogens (tertiary/aromatic N) is 2.